The number of carbonyl (C=O) groups is 1. The molecule has 0 aliphatic heterocycles. The Kier molecular flexibility index (Phi) is 6.55. The topological polar surface area (TPSA) is 64.0 Å². The summed E-state index contributed by atoms with van der Waals surface area (Å²) in [5, 5.41) is 4.25. The van der Waals surface area contributed by atoms with Gasteiger partial charge >= 0.3 is 0 Å². The third-order valence-electron chi connectivity index (χ3n) is 6.47. The number of hydrogen-bond acceptors (Lipinski definition) is 5. The van der Waals surface area contributed by atoms with Crippen LogP contribution in [-0.4, -0.2) is 21.2 Å². The number of benzene rings is 2. The second-order valence-electron chi connectivity index (χ2n) is 9.99. The van der Waals surface area contributed by atoms with Gasteiger partial charge in [0, 0.05) is 11.4 Å². The number of aromatic nitrogens is 2. The fourth-order valence-corrected chi connectivity index (χ4v) is 7.16. The van der Waals surface area contributed by atoms with E-state index >= 15 is 0 Å². The van der Waals surface area contributed by atoms with E-state index in [-0.39, 0.29) is 22.6 Å². The van der Waals surface area contributed by atoms with Crippen LogP contribution in [0.15, 0.2) is 70.6 Å². The predicted octanol–water partition coefficient (Wildman–Crippen LogP) is 5.93. The van der Waals surface area contributed by atoms with Crippen LogP contribution in [-0.2, 0) is 17.8 Å². The number of thiophene rings is 1. The largest absolute Gasteiger partial charge is 0.351 e. The summed E-state index contributed by atoms with van der Waals surface area (Å²) in [7, 11) is 0. The maximum absolute atomic E-state index is 14.0. The monoisotopic (exact) mass is 503 g/mol. The Labute approximate surface area is 213 Å². The van der Waals surface area contributed by atoms with Crippen LogP contribution in [0.3, 0.4) is 0 Å². The molecule has 1 unspecified atom stereocenters. The van der Waals surface area contributed by atoms with Crippen molar-refractivity contribution in [2.45, 2.75) is 51.2 Å². The maximum Gasteiger partial charge on any atom is 0.267 e. The number of carbonyl (C=O) groups excluding carboxylic acids is 1. The molecule has 1 aliphatic rings. The summed E-state index contributed by atoms with van der Waals surface area (Å²) >= 11 is 2.95. The van der Waals surface area contributed by atoms with Gasteiger partial charge in [0.05, 0.1) is 16.8 Å². The summed E-state index contributed by atoms with van der Waals surface area (Å²) in [5.74, 6) is 0.498. The highest BCUT2D eigenvalue weighted by atomic mass is 32.2. The fraction of sp³-hybridized carbons (Fsp3) is 0.321. The smallest absolute Gasteiger partial charge is 0.267 e. The first-order valence-electron chi connectivity index (χ1n) is 11.9. The molecule has 0 spiro atoms. The second kappa shape index (κ2) is 9.63. The van der Waals surface area contributed by atoms with Gasteiger partial charge in [-0.15, -0.1) is 11.3 Å². The van der Waals surface area contributed by atoms with Gasteiger partial charge in [-0.25, -0.2) is 4.98 Å². The minimum Gasteiger partial charge on any atom is -0.351 e. The number of nitrogens with one attached hydrogen (secondary N) is 1. The van der Waals surface area contributed by atoms with E-state index in [4.69, 9.17) is 4.98 Å². The summed E-state index contributed by atoms with van der Waals surface area (Å²) in [4.78, 5) is 33.6. The van der Waals surface area contributed by atoms with Crippen molar-refractivity contribution < 1.29 is 4.79 Å². The Morgan fingerprint density at radius 3 is 2.54 bits per heavy atom. The van der Waals surface area contributed by atoms with Crippen molar-refractivity contribution >= 4 is 39.2 Å². The number of fused-ring (bicyclic) bond motifs is 3. The highest BCUT2D eigenvalue weighted by molar-refractivity contribution is 7.99. The van der Waals surface area contributed by atoms with Gasteiger partial charge in [-0.1, -0.05) is 81.1 Å². The van der Waals surface area contributed by atoms with E-state index in [1.54, 1.807) is 15.9 Å². The van der Waals surface area contributed by atoms with E-state index < -0.39 is 0 Å². The lowest BCUT2D eigenvalue weighted by Gasteiger charge is -2.33. The summed E-state index contributed by atoms with van der Waals surface area (Å²) in [6, 6.07) is 19.4. The van der Waals surface area contributed by atoms with E-state index in [2.05, 4.69) is 26.1 Å². The lowest BCUT2D eigenvalue weighted by atomic mass is 9.72. The van der Waals surface area contributed by atoms with Crippen molar-refractivity contribution in [1.29, 1.82) is 0 Å². The molecule has 2 aromatic heterocycles. The van der Waals surface area contributed by atoms with Gasteiger partial charge in [-0.2, -0.15) is 0 Å². The number of amides is 1. The van der Waals surface area contributed by atoms with Crippen molar-refractivity contribution in [2.24, 2.45) is 5.41 Å². The Hall–Kier alpha value is -2.90. The third kappa shape index (κ3) is 4.93. The highest BCUT2D eigenvalue weighted by Crippen LogP contribution is 2.47. The van der Waals surface area contributed by atoms with Crippen molar-refractivity contribution in [2.75, 3.05) is 5.75 Å². The quantitative estimate of drug-likeness (QED) is 0.262. The molecule has 1 atom stereocenters. The number of thioether (sulfide) groups is 1. The lowest BCUT2D eigenvalue weighted by Crippen LogP contribution is -2.27. The Bertz CT molecular complexity index is 1430. The highest BCUT2D eigenvalue weighted by Gasteiger charge is 2.34. The Morgan fingerprint density at radius 1 is 1.14 bits per heavy atom. The van der Waals surface area contributed by atoms with Crippen molar-refractivity contribution in [3.05, 3.63) is 87.0 Å². The molecule has 1 aliphatic carbocycles. The van der Waals surface area contributed by atoms with Gasteiger partial charge in [0.1, 0.15) is 4.83 Å². The SMILES string of the molecule is CC1CC(C)(C)Cc2c1sc1nc(SCC(=O)NCc3ccccc3)n(-c3ccccc3)c(=O)c21. The molecule has 4 aromatic rings. The number of para-hydroxylation sites is 1. The predicted molar refractivity (Wildman–Crippen MR) is 145 cm³/mol. The van der Waals surface area contributed by atoms with Crippen LogP contribution in [0.4, 0.5) is 0 Å². The molecule has 7 heteroatoms. The lowest BCUT2D eigenvalue weighted by molar-refractivity contribution is -0.118. The molecule has 0 bridgehead atoms. The zero-order valence-corrected chi connectivity index (χ0v) is 21.8. The molecular formula is C28H29N3O2S2. The molecule has 0 fully saturated rings. The zero-order chi connectivity index (χ0) is 24.6. The summed E-state index contributed by atoms with van der Waals surface area (Å²) in [6.07, 6.45) is 1.98. The van der Waals surface area contributed by atoms with Crippen LogP contribution in [0.1, 0.15) is 49.1 Å². The van der Waals surface area contributed by atoms with Crippen molar-refractivity contribution in [3.63, 3.8) is 0 Å². The molecule has 0 saturated heterocycles. The third-order valence-corrected chi connectivity index (χ3v) is 8.76. The maximum atomic E-state index is 14.0. The van der Waals surface area contributed by atoms with E-state index in [9.17, 15) is 9.59 Å². The first-order chi connectivity index (χ1) is 16.8. The normalized spacial score (nSPS) is 16.7. The Morgan fingerprint density at radius 2 is 1.83 bits per heavy atom. The standard InChI is InChI=1S/C28H29N3O2S2/c1-18-14-28(2,3)15-21-23-25(35-24(18)21)30-27(31(26(23)33)20-12-8-5-9-13-20)34-17-22(32)29-16-19-10-6-4-7-11-19/h4-13,18H,14-17H2,1-3H3,(H,29,32). The minimum absolute atomic E-state index is 0.0456. The van der Waals surface area contributed by atoms with Crippen LogP contribution in [0.25, 0.3) is 15.9 Å². The van der Waals surface area contributed by atoms with E-state index in [0.29, 0.717) is 17.6 Å². The number of hydrogen-bond donors (Lipinski definition) is 1. The molecule has 0 radical (unpaired) electrons. The molecule has 0 saturated carbocycles. The van der Waals surface area contributed by atoms with E-state index in [1.165, 1.54) is 16.6 Å². The molecule has 2 heterocycles. The van der Waals surface area contributed by atoms with Crippen LogP contribution in [0.5, 0.6) is 0 Å². The van der Waals surface area contributed by atoms with Crippen LogP contribution >= 0.6 is 23.1 Å². The fourth-order valence-electron chi connectivity index (χ4n) is 5.03. The molecule has 35 heavy (non-hydrogen) atoms. The number of nitrogens with zero attached hydrogens (tertiary/aromatic N) is 2. The van der Waals surface area contributed by atoms with Crippen molar-refractivity contribution in [3.8, 4) is 5.69 Å². The van der Waals surface area contributed by atoms with Gasteiger partial charge in [0.2, 0.25) is 5.91 Å². The minimum atomic E-state index is -0.0892. The van der Waals surface area contributed by atoms with Crippen molar-refractivity contribution in [1.82, 2.24) is 14.9 Å². The van der Waals surface area contributed by atoms with E-state index in [1.807, 2.05) is 60.7 Å². The second-order valence-corrected chi connectivity index (χ2v) is 12.0. The van der Waals surface area contributed by atoms with Gasteiger partial charge in [0.15, 0.2) is 5.16 Å². The molecule has 5 nitrogen and oxygen atoms in total. The van der Waals surface area contributed by atoms with Crippen LogP contribution in [0, 0.1) is 5.41 Å². The first-order valence-corrected chi connectivity index (χ1v) is 13.7. The molecule has 5 rings (SSSR count). The van der Waals surface area contributed by atoms with Gasteiger partial charge in [0.25, 0.3) is 5.56 Å². The summed E-state index contributed by atoms with van der Waals surface area (Å²) in [5.41, 5.74) is 3.08. The molecule has 1 amide bonds. The Balaban J connectivity index is 1.51. The number of rotatable bonds is 6. The van der Waals surface area contributed by atoms with Crippen LogP contribution in [0.2, 0.25) is 0 Å². The van der Waals surface area contributed by atoms with Crippen LogP contribution < -0.4 is 10.9 Å². The van der Waals surface area contributed by atoms with Gasteiger partial charge in [-0.05, 0) is 47.4 Å². The average molecular weight is 504 g/mol. The van der Waals surface area contributed by atoms with E-state index in [0.717, 1.165) is 39.9 Å². The first kappa shape index (κ1) is 23.8. The average Bonchev–Trinajstić information content (AvgIpc) is 3.20. The summed E-state index contributed by atoms with van der Waals surface area (Å²) in [6.45, 7) is 7.27. The van der Waals surface area contributed by atoms with Gasteiger partial charge < -0.3 is 5.32 Å². The molecule has 2 aromatic carbocycles. The molecule has 1 N–H and O–H groups in total. The molecule has 180 valence electrons. The van der Waals surface area contributed by atoms with Gasteiger partial charge in [-0.3, -0.25) is 14.2 Å². The molecular weight excluding hydrogens is 474 g/mol. The zero-order valence-electron chi connectivity index (χ0n) is 20.2. The summed E-state index contributed by atoms with van der Waals surface area (Å²) < 4.78 is 1.68.